The lowest BCUT2D eigenvalue weighted by Crippen LogP contribution is -2.11. The normalized spacial score (nSPS) is 11.3. The molecule has 5 rings (SSSR count). The summed E-state index contributed by atoms with van der Waals surface area (Å²) in [5.74, 6) is 1.92. The molecule has 0 atom stereocenters. The van der Waals surface area contributed by atoms with E-state index in [1.165, 1.54) is 42.7 Å². The molecule has 3 aromatic carbocycles. The van der Waals surface area contributed by atoms with Crippen molar-refractivity contribution in [2.45, 2.75) is 0 Å². The minimum Gasteiger partial charge on any atom is -0.493 e. The average Bonchev–Trinajstić information content (AvgIpc) is 2.90. The minimum atomic E-state index is -0.288. The van der Waals surface area contributed by atoms with E-state index >= 15 is 0 Å². The van der Waals surface area contributed by atoms with Gasteiger partial charge in [0.2, 0.25) is 22.4 Å². The third-order valence-electron chi connectivity index (χ3n) is 6.30. The van der Waals surface area contributed by atoms with Gasteiger partial charge in [-0.05, 0) is 12.1 Å². The fraction of sp³-hybridized carbons (Fsp3) is 0.231. The molecule has 2 aromatic heterocycles. The summed E-state index contributed by atoms with van der Waals surface area (Å²) in [6, 6.07) is 6.60. The van der Waals surface area contributed by atoms with Gasteiger partial charge in [0.1, 0.15) is 0 Å². The molecular weight excluding hydrogens is 468 g/mol. The molecule has 0 saturated heterocycles. The molecule has 186 valence electrons. The number of H-pyrrole nitrogens is 2. The first-order valence-electron chi connectivity index (χ1n) is 10.9. The molecule has 0 fully saturated rings. The maximum Gasteiger partial charge on any atom is 0.204 e. The number of aromatic amines is 2. The lowest BCUT2D eigenvalue weighted by Gasteiger charge is -2.16. The second-order valence-electron chi connectivity index (χ2n) is 7.99. The Hall–Kier alpha value is -4.60. The zero-order chi connectivity index (χ0) is 25.7. The smallest absolute Gasteiger partial charge is 0.204 e. The van der Waals surface area contributed by atoms with Crippen LogP contribution in [-0.2, 0) is 0 Å². The second kappa shape index (κ2) is 8.56. The zero-order valence-corrected chi connectivity index (χ0v) is 20.6. The largest absolute Gasteiger partial charge is 0.493 e. The average molecular weight is 492 g/mol. The molecule has 0 aliphatic carbocycles. The van der Waals surface area contributed by atoms with Gasteiger partial charge in [0.25, 0.3) is 0 Å². The van der Waals surface area contributed by atoms with Crippen LogP contribution in [0.15, 0.2) is 33.9 Å². The van der Waals surface area contributed by atoms with Gasteiger partial charge in [-0.25, -0.2) is 0 Å². The topological polar surface area (TPSA) is 121 Å². The van der Waals surface area contributed by atoms with Crippen LogP contribution in [0.2, 0.25) is 0 Å². The minimum absolute atomic E-state index is 0.253. The highest BCUT2D eigenvalue weighted by molar-refractivity contribution is 6.06. The van der Waals surface area contributed by atoms with Gasteiger partial charge >= 0.3 is 0 Å². The highest BCUT2D eigenvalue weighted by atomic mass is 16.5. The Morgan fingerprint density at radius 1 is 0.472 bits per heavy atom. The maximum absolute atomic E-state index is 13.7. The van der Waals surface area contributed by atoms with Gasteiger partial charge in [-0.1, -0.05) is 0 Å². The molecule has 5 aromatic rings. The first kappa shape index (κ1) is 23.2. The van der Waals surface area contributed by atoms with Crippen molar-refractivity contribution in [3.63, 3.8) is 0 Å². The Morgan fingerprint density at radius 2 is 0.833 bits per heavy atom. The van der Waals surface area contributed by atoms with E-state index < -0.39 is 0 Å². The summed E-state index contributed by atoms with van der Waals surface area (Å²) in [4.78, 5) is 33.8. The van der Waals surface area contributed by atoms with Crippen LogP contribution in [0.3, 0.4) is 0 Å². The second-order valence-corrected chi connectivity index (χ2v) is 7.99. The van der Waals surface area contributed by atoms with Gasteiger partial charge in [-0.3, -0.25) is 9.59 Å². The third kappa shape index (κ3) is 3.10. The Kier molecular flexibility index (Phi) is 5.51. The van der Waals surface area contributed by atoms with E-state index in [1.807, 2.05) is 0 Å². The number of ether oxygens (including phenoxy) is 6. The summed E-state index contributed by atoms with van der Waals surface area (Å²) in [5.41, 5.74) is 1.32. The monoisotopic (exact) mass is 492 g/mol. The van der Waals surface area contributed by atoms with Crippen LogP contribution in [0.5, 0.6) is 34.5 Å². The molecular formula is C26H24N2O8. The van der Waals surface area contributed by atoms with E-state index in [0.29, 0.717) is 66.6 Å². The fourth-order valence-electron chi connectivity index (χ4n) is 4.70. The van der Waals surface area contributed by atoms with Gasteiger partial charge < -0.3 is 38.4 Å². The quantitative estimate of drug-likeness (QED) is 0.344. The van der Waals surface area contributed by atoms with Gasteiger partial charge in [-0.2, -0.15) is 0 Å². The van der Waals surface area contributed by atoms with Crippen LogP contribution < -0.4 is 39.3 Å². The Labute approximate surface area is 204 Å². The number of methoxy groups -OCH3 is 6. The third-order valence-corrected chi connectivity index (χ3v) is 6.30. The molecule has 0 aliphatic heterocycles. The van der Waals surface area contributed by atoms with Crippen LogP contribution in [0, 0.1) is 0 Å². The first-order valence-corrected chi connectivity index (χ1v) is 10.9. The van der Waals surface area contributed by atoms with E-state index in [1.54, 1.807) is 24.3 Å². The van der Waals surface area contributed by atoms with E-state index in [-0.39, 0.29) is 22.4 Å². The predicted molar refractivity (Wildman–Crippen MR) is 137 cm³/mol. The van der Waals surface area contributed by atoms with Gasteiger partial charge in [0, 0.05) is 22.9 Å². The van der Waals surface area contributed by atoms with Crippen LogP contribution >= 0.6 is 0 Å². The van der Waals surface area contributed by atoms with Crippen LogP contribution in [-0.4, -0.2) is 52.6 Å². The molecule has 36 heavy (non-hydrogen) atoms. The number of benzene rings is 3. The SMILES string of the molecule is COc1cc2[nH]c3cc4c(=O)c5c(OC)c(OC)c(OC)cc5[nH]c4cc3c(=O)c2c(OC)c1OC. The molecule has 0 radical (unpaired) electrons. The molecule has 2 N–H and O–H groups in total. The van der Waals surface area contributed by atoms with Gasteiger partial charge in [-0.15, -0.1) is 0 Å². The van der Waals surface area contributed by atoms with Crippen molar-refractivity contribution >= 4 is 43.6 Å². The number of nitrogens with one attached hydrogen (secondary N) is 2. The van der Waals surface area contributed by atoms with E-state index in [0.717, 1.165) is 0 Å². The van der Waals surface area contributed by atoms with Crippen molar-refractivity contribution in [3.8, 4) is 34.5 Å². The summed E-state index contributed by atoms with van der Waals surface area (Å²) in [6.45, 7) is 0. The molecule has 10 heteroatoms. The van der Waals surface area contributed by atoms with E-state index in [2.05, 4.69) is 9.97 Å². The number of pyridine rings is 2. The maximum atomic E-state index is 13.7. The van der Waals surface area contributed by atoms with Crippen molar-refractivity contribution in [1.82, 2.24) is 9.97 Å². The number of aromatic nitrogens is 2. The zero-order valence-electron chi connectivity index (χ0n) is 20.6. The van der Waals surface area contributed by atoms with Gasteiger partial charge in [0.05, 0.1) is 75.5 Å². The molecule has 0 saturated carbocycles. The fourth-order valence-corrected chi connectivity index (χ4v) is 4.70. The lowest BCUT2D eigenvalue weighted by atomic mass is 10.0. The van der Waals surface area contributed by atoms with Crippen molar-refractivity contribution in [1.29, 1.82) is 0 Å². The lowest BCUT2D eigenvalue weighted by molar-refractivity contribution is 0.327. The number of hydrogen-bond donors (Lipinski definition) is 2. The van der Waals surface area contributed by atoms with Crippen LogP contribution in [0.1, 0.15) is 0 Å². The summed E-state index contributed by atoms with van der Waals surface area (Å²) in [6.07, 6.45) is 0. The van der Waals surface area contributed by atoms with Crippen molar-refractivity contribution in [2.75, 3.05) is 42.7 Å². The van der Waals surface area contributed by atoms with E-state index in [9.17, 15) is 9.59 Å². The number of hydrogen-bond acceptors (Lipinski definition) is 8. The first-order chi connectivity index (χ1) is 17.4. The summed E-state index contributed by atoms with van der Waals surface area (Å²) in [5, 5.41) is 1.34. The van der Waals surface area contributed by atoms with Crippen molar-refractivity contribution in [3.05, 3.63) is 44.7 Å². The molecule has 0 amide bonds. The summed E-state index contributed by atoms with van der Waals surface area (Å²) >= 11 is 0. The number of rotatable bonds is 6. The molecule has 0 bridgehead atoms. The Morgan fingerprint density at radius 3 is 1.14 bits per heavy atom. The number of fused-ring (bicyclic) bond motifs is 4. The standard InChI is InChI=1S/C26H24N2O8/c1-31-17-9-15-19(25(35-5)23(17)33-3)21(29)11-8-14-12(7-13(11)27-15)22(30)20-16(28-14)10-18(32-2)24(34-4)26(20)36-6/h7-10H,1-6H3,(H,27,29)(H,28,30). The van der Waals surface area contributed by atoms with Crippen molar-refractivity contribution in [2.24, 2.45) is 0 Å². The highest BCUT2D eigenvalue weighted by Crippen LogP contribution is 2.43. The summed E-state index contributed by atoms with van der Waals surface area (Å²) in [7, 11) is 8.86. The predicted octanol–water partition coefficient (Wildman–Crippen LogP) is 3.73. The van der Waals surface area contributed by atoms with Crippen LogP contribution in [0.4, 0.5) is 0 Å². The highest BCUT2D eigenvalue weighted by Gasteiger charge is 2.23. The van der Waals surface area contributed by atoms with E-state index in [4.69, 9.17) is 28.4 Å². The molecule has 10 nitrogen and oxygen atoms in total. The Balaban J connectivity index is 1.95. The molecule has 0 unspecified atom stereocenters. The van der Waals surface area contributed by atoms with Crippen LogP contribution in [0.25, 0.3) is 43.6 Å². The summed E-state index contributed by atoms with van der Waals surface area (Å²) < 4.78 is 32.8. The molecule has 2 heterocycles. The molecule has 0 aliphatic rings. The molecule has 0 spiro atoms. The Bertz CT molecular complexity index is 1670. The van der Waals surface area contributed by atoms with Crippen molar-refractivity contribution < 1.29 is 28.4 Å². The van der Waals surface area contributed by atoms with Gasteiger partial charge in [0.15, 0.2) is 23.0 Å².